The fraction of sp³-hybridized carbons (Fsp3) is 0.357. The summed E-state index contributed by atoms with van der Waals surface area (Å²) in [5.74, 6) is -2.49. The van der Waals surface area contributed by atoms with Gasteiger partial charge in [0.25, 0.3) is 0 Å². The summed E-state index contributed by atoms with van der Waals surface area (Å²) in [5, 5.41) is 0. The second kappa shape index (κ2) is 14.1. The van der Waals surface area contributed by atoms with Gasteiger partial charge in [-0.3, -0.25) is 0 Å². The van der Waals surface area contributed by atoms with Crippen LogP contribution in [0.1, 0.15) is 34.6 Å². The molecule has 6 rings (SSSR count). The van der Waals surface area contributed by atoms with Crippen LogP contribution in [0.15, 0.2) is 36.7 Å². The molecule has 0 aliphatic carbocycles. The minimum Gasteiger partial charge on any atom is -0.491 e. The maximum absolute atomic E-state index is 13.7. The van der Waals surface area contributed by atoms with Gasteiger partial charge in [-0.25, -0.2) is 17.6 Å². The third kappa shape index (κ3) is 6.99. The van der Waals surface area contributed by atoms with Gasteiger partial charge >= 0.3 is 0 Å². The lowest BCUT2D eigenvalue weighted by molar-refractivity contribution is 0.210. The number of nitrogens with two attached hydrogens (primary N) is 2. The summed E-state index contributed by atoms with van der Waals surface area (Å²) in [4.78, 5) is 5.98. The molecule has 4 heterocycles. The van der Waals surface area contributed by atoms with Crippen molar-refractivity contribution in [3.63, 3.8) is 0 Å². The SMILES string of the molecule is Cl.NCCc1c[nH]c(=S)n1[C@H]1COc2c(F)cc(F)cc2C1.NCCc1c[nH]c(=S)n1[C@H]1COc2cc(F)c(F)cc2C1. The number of H-pyrrole nitrogens is 2. The third-order valence-corrected chi connectivity index (χ3v) is 7.89. The highest BCUT2D eigenvalue weighted by Crippen LogP contribution is 2.34. The molecule has 0 saturated carbocycles. The number of hydrogen-bond acceptors (Lipinski definition) is 6. The average Bonchev–Trinajstić information content (AvgIpc) is 3.51. The summed E-state index contributed by atoms with van der Waals surface area (Å²) in [5.41, 5.74) is 14.3. The molecule has 232 valence electrons. The predicted octanol–water partition coefficient (Wildman–Crippen LogP) is 5.42. The Kier molecular flexibility index (Phi) is 10.7. The molecule has 0 fully saturated rings. The zero-order valence-corrected chi connectivity index (χ0v) is 25.3. The lowest BCUT2D eigenvalue weighted by atomic mass is 10.0. The molecule has 0 amide bonds. The number of fused-ring (bicyclic) bond motifs is 2. The molecule has 2 aromatic heterocycles. The van der Waals surface area contributed by atoms with Crippen LogP contribution < -0.4 is 20.9 Å². The Morgan fingerprint density at radius 1 is 0.744 bits per heavy atom. The topological polar surface area (TPSA) is 112 Å². The van der Waals surface area contributed by atoms with Crippen molar-refractivity contribution < 1.29 is 27.0 Å². The minimum atomic E-state index is -0.894. The minimum absolute atomic E-state index is 0. The molecule has 8 nitrogen and oxygen atoms in total. The van der Waals surface area contributed by atoms with Gasteiger partial charge in [0.1, 0.15) is 24.8 Å². The highest BCUT2D eigenvalue weighted by molar-refractivity contribution is 7.71. The summed E-state index contributed by atoms with van der Waals surface area (Å²) >= 11 is 10.6. The van der Waals surface area contributed by atoms with Gasteiger partial charge in [0.2, 0.25) is 0 Å². The van der Waals surface area contributed by atoms with E-state index in [-0.39, 0.29) is 30.2 Å². The lowest BCUT2D eigenvalue weighted by Gasteiger charge is -2.27. The van der Waals surface area contributed by atoms with E-state index in [1.54, 1.807) is 0 Å². The van der Waals surface area contributed by atoms with Crippen molar-refractivity contribution in [1.82, 2.24) is 19.1 Å². The van der Waals surface area contributed by atoms with Crippen LogP contribution >= 0.6 is 36.8 Å². The van der Waals surface area contributed by atoms with Crippen LogP contribution in [-0.2, 0) is 25.7 Å². The molecule has 15 heteroatoms. The first kappa shape index (κ1) is 32.7. The fourth-order valence-corrected chi connectivity index (χ4v) is 6.07. The Hall–Kier alpha value is -3.17. The Labute approximate surface area is 261 Å². The highest BCUT2D eigenvalue weighted by atomic mass is 35.5. The molecule has 0 unspecified atom stereocenters. The first-order chi connectivity index (χ1) is 20.2. The Balaban J connectivity index is 0.000000192. The van der Waals surface area contributed by atoms with Crippen LogP contribution in [0, 0.1) is 32.8 Å². The van der Waals surface area contributed by atoms with Crippen LogP contribution in [0.3, 0.4) is 0 Å². The quantitative estimate of drug-likeness (QED) is 0.163. The number of aromatic nitrogens is 4. The fourth-order valence-electron chi connectivity index (χ4n) is 5.42. The van der Waals surface area contributed by atoms with Gasteiger partial charge in [-0.1, -0.05) is 0 Å². The molecule has 43 heavy (non-hydrogen) atoms. The number of nitrogens with zero attached hydrogens (tertiary/aromatic N) is 2. The van der Waals surface area contributed by atoms with Crippen molar-refractivity contribution in [2.24, 2.45) is 11.5 Å². The van der Waals surface area contributed by atoms with Gasteiger partial charge in [0, 0.05) is 67.2 Å². The zero-order chi connectivity index (χ0) is 30.0. The number of ether oxygens (including phenoxy) is 2. The van der Waals surface area contributed by atoms with E-state index in [9.17, 15) is 17.6 Å². The van der Waals surface area contributed by atoms with Crippen molar-refractivity contribution in [2.75, 3.05) is 26.3 Å². The Morgan fingerprint density at radius 2 is 1.28 bits per heavy atom. The monoisotopic (exact) mass is 658 g/mol. The molecule has 2 aromatic carbocycles. The number of halogens is 5. The second-order valence-electron chi connectivity index (χ2n) is 10.1. The summed E-state index contributed by atoms with van der Waals surface area (Å²) in [6, 6.07) is 4.28. The van der Waals surface area contributed by atoms with Crippen LogP contribution in [0.5, 0.6) is 11.5 Å². The molecule has 0 radical (unpaired) electrons. The standard InChI is InChI=1S/2C14H15F2N3OS.ClH/c15-9-3-8-4-11(7-20-13(8)12(16)5-9)19-10(1-2-17)6-18-14(19)21;15-11-4-8-3-10(7-20-13(8)5-12(11)16)19-9(1-2-17)6-18-14(19)21;/h3,5-6,11H,1-2,4,7,17H2,(H,18,21);4-6,10H,1-3,7,17H2,(H,18,21);1H/t11-;10-;/m11./s1. The second-order valence-corrected chi connectivity index (χ2v) is 10.8. The molecule has 2 atom stereocenters. The van der Waals surface area contributed by atoms with Gasteiger partial charge < -0.3 is 40.0 Å². The number of imidazole rings is 2. The number of nitrogens with one attached hydrogen (secondary N) is 2. The van der Waals surface area contributed by atoms with E-state index in [1.165, 1.54) is 12.1 Å². The molecule has 0 saturated heterocycles. The lowest BCUT2D eigenvalue weighted by Crippen LogP contribution is -2.27. The summed E-state index contributed by atoms with van der Waals surface area (Å²) < 4.78 is 69.7. The van der Waals surface area contributed by atoms with E-state index in [0.717, 1.165) is 23.5 Å². The van der Waals surface area contributed by atoms with E-state index in [4.69, 9.17) is 45.4 Å². The van der Waals surface area contributed by atoms with Gasteiger partial charge in [0.05, 0.1) is 12.1 Å². The molecular weight excluding hydrogens is 628 g/mol. The number of aromatic amines is 2. The van der Waals surface area contributed by atoms with Crippen molar-refractivity contribution in [1.29, 1.82) is 0 Å². The Bertz CT molecular complexity index is 1710. The maximum atomic E-state index is 13.7. The largest absolute Gasteiger partial charge is 0.491 e. The molecule has 2 aliphatic rings. The van der Waals surface area contributed by atoms with Crippen LogP contribution in [0.25, 0.3) is 0 Å². The average molecular weight is 659 g/mol. The zero-order valence-electron chi connectivity index (χ0n) is 22.9. The number of benzene rings is 2. The number of hydrogen-bond donors (Lipinski definition) is 4. The molecule has 6 N–H and O–H groups in total. The molecular formula is C28H31ClF4N6O2S2. The van der Waals surface area contributed by atoms with Crippen LogP contribution in [-0.4, -0.2) is 45.4 Å². The van der Waals surface area contributed by atoms with Gasteiger partial charge in [-0.2, -0.15) is 0 Å². The van der Waals surface area contributed by atoms with Crippen LogP contribution in [0.2, 0.25) is 0 Å². The van der Waals surface area contributed by atoms with Gasteiger partial charge in [-0.15, -0.1) is 12.4 Å². The smallest absolute Gasteiger partial charge is 0.177 e. The van der Waals surface area contributed by atoms with Crippen molar-refractivity contribution in [2.45, 2.75) is 37.8 Å². The van der Waals surface area contributed by atoms with E-state index in [2.05, 4.69) is 9.97 Å². The molecule has 4 aromatic rings. The van der Waals surface area contributed by atoms with Crippen molar-refractivity contribution in [3.8, 4) is 11.5 Å². The van der Waals surface area contributed by atoms with Crippen molar-refractivity contribution in [3.05, 3.63) is 92.0 Å². The van der Waals surface area contributed by atoms with Gasteiger partial charge in [0.15, 0.2) is 32.7 Å². The number of rotatable bonds is 6. The van der Waals surface area contributed by atoms with Gasteiger partial charge in [-0.05, 0) is 55.2 Å². The predicted molar refractivity (Wildman–Crippen MR) is 161 cm³/mol. The summed E-state index contributed by atoms with van der Waals surface area (Å²) in [7, 11) is 0. The van der Waals surface area contributed by atoms with Crippen LogP contribution in [0.4, 0.5) is 17.6 Å². The highest BCUT2D eigenvalue weighted by Gasteiger charge is 2.27. The molecule has 0 bridgehead atoms. The first-order valence-corrected chi connectivity index (χ1v) is 14.2. The summed E-state index contributed by atoms with van der Waals surface area (Å²) in [6.07, 6.45) is 6.01. The van der Waals surface area contributed by atoms with E-state index in [1.807, 2.05) is 21.5 Å². The maximum Gasteiger partial charge on any atom is 0.177 e. The van der Waals surface area contributed by atoms with E-state index < -0.39 is 23.3 Å². The summed E-state index contributed by atoms with van der Waals surface area (Å²) in [6.45, 7) is 1.66. The third-order valence-electron chi connectivity index (χ3n) is 7.26. The van der Waals surface area contributed by atoms with Crippen molar-refractivity contribution >= 4 is 36.8 Å². The Morgan fingerprint density at radius 3 is 1.86 bits per heavy atom. The molecule has 0 spiro atoms. The first-order valence-electron chi connectivity index (χ1n) is 13.4. The van der Waals surface area contributed by atoms with E-state index >= 15 is 0 Å². The van der Waals surface area contributed by atoms with E-state index in [0.29, 0.717) is 78.4 Å². The molecule has 2 aliphatic heterocycles. The normalized spacial score (nSPS) is 17.0.